The number of nitrogens with one attached hydrogen (secondary N) is 1. The molecule has 0 spiro atoms. The van der Waals surface area contributed by atoms with Gasteiger partial charge in [0.25, 0.3) is 0 Å². The Hall–Kier alpha value is -0.730. The molecule has 0 unspecified atom stereocenters. The van der Waals surface area contributed by atoms with Crippen LogP contribution in [0.5, 0.6) is 0 Å². The summed E-state index contributed by atoms with van der Waals surface area (Å²) in [5, 5.41) is 4.33. The van der Waals surface area contributed by atoms with Crippen LogP contribution in [-0.2, 0) is 6.54 Å². The van der Waals surface area contributed by atoms with Gasteiger partial charge < -0.3 is 10.2 Å². The largest absolute Gasteiger partial charge is 0.367 e. The Morgan fingerprint density at radius 2 is 2.05 bits per heavy atom. The quantitative estimate of drug-likeness (QED) is 0.669. The predicted molar refractivity (Wildman–Crippen MR) is 88.7 cm³/mol. The van der Waals surface area contributed by atoms with Gasteiger partial charge in [-0.2, -0.15) is 0 Å². The normalized spacial score (nSPS) is 14.6. The van der Waals surface area contributed by atoms with Gasteiger partial charge in [-0.25, -0.2) is 0 Å². The van der Waals surface area contributed by atoms with Gasteiger partial charge >= 0.3 is 0 Å². The Labute approximate surface area is 128 Å². The molecule has 1 aromatic carbocycles. The van der Waals surface area contributed by atoms with E-state index in [9.17, 15) is 0 Å². The minimum atomic E-state index is 0.725. The molecule has 0 aromatic heterocycles. The van der Waals surface area contributed by atoms with E-state index in [4.69, 9.17) is 11.6 Å². The molecule has 1 aromatic rings. The Balaban J connectivity index is 2.02. The zero-order valence-electron chi connectivity index (χ0n) is 12.8. The van der Waals surface area contributed by atoms with Crippen molar-refractivity contribution in [3.63, 3.8) is 0 Å². The maximum absolute atomic E-state index is 6.52. The molecule has 2 rings (SSSR count). The summed E-state index contributed by atoms with van der Waals surface area (Å²) in [6, 6.07) is 7.27. The number of halogens is 1. The van der Waals surface area contributed by atoms with Crippen molar-refractivity contribution in [1.82, 2.24) is 5.32 Å². The summed E-state index contributed by atoms with van der Waals surface area (Å²) in [5.74, 6) is 0. The van der Waals surface area contributed by atoms with E-state index < -0.39 is 0 Å². The molecular formula is C17H27ClN2. The van der Waals surface area contributed by atoms with E-state index in [-0.39, 0.29) is 0 Å². The van der Waals surface area contributed by atoms with E-state index in [0.717, 1.165) is 37.1 Å². The van der Waals surface area contributed by atoms with Crippen LogP contribution in [0.4, 0.5) is 5.69 Å². The Morgan fingerprint density at radius 1 is 1.25 bits per heavy atom. The molecule has 0 amide bonds. The van der Waals surface area contributed by atoms with Gasteiger partial charge in [-0.05, 0) is 49.9 Å². The standard InChI is InChI=1S/C17H27ClN2/c1-3-5-11-20(15-7-8-15)17-9-6-14(12-16(17)18)13-19-10-4-2/h6,9,12,15,19H,3-5,7-8,10-11,13H2,1-2H3. The van der Waals surface area contributed by atoms with Gasteiger partial charge in [0.05, 0.1) is 10.7 Å². The number of nitrogens with zero attached hydrogens (tertiary/aromatic N) is 1. The third-order valence-corrected chi connectivity index (χ3v) is 4.12. The summed E-state index contributed by atoms with van der Waals surface area (Å²) in [6.07, 6.45) is 6.28. The van der Waals surface area contributed by atoms with Gasteiger partial charge in [0.2, 0.25) is 0 Å². The average Bonchev–Trinajstić information content (AvgIpc) is 3.26. The summed E-state index contributed by atoms with van der Waals surface area (Å²) in [4.78, 5) is 2.51. The van der Waals surface area contributed by atoms with Crippen LogP contribution in [-0.4, -0.2) is 19.1 Å². The second kappa shape index (κ2) is 7.90. The molecule has 112 valence electrons. The lowest BCUT2D eigenvalue weighted by Crippen LogP contribution is -2.27. The fourth-order valence-corrected chi connectivity index (χ4v) is 2.83. The molecule has 0 radical (unpaired) electrons. The molecule has 1 fully saturated rings. The summed E-state index contributed by atoms with van der Waals surface area (Å²) >= 11 is 6.52. The average molecular weight is 295 g/mol. The fourth-order valence-electron chi connectivity index (χ4n) is 2.52. The number of rotatable bonds is 9. The van der Waals surface area contributed by atoms with Crippen molar-refractivity contribution in [2.75, 3.05) is 18.0 Å². The molecule has 0 saturated heterocycles. The highest BCUT2D eigenvalue weighted by atomic mass is 35.5. The highest BCUT2D eigenvalue weighted by Gasteiger charge is 2.29. The van der Waals surface area contributed by atoms with Gasteiger partial charge in [0.1, 0.15) is 0 Å². The Kier molecular flexibility index (Phi) is 6.18. The second-order valence-corrected chi connectivity index (χ2v) is 6.15. The topological polar surface area (TPSA) is 15.3 Å². The lowest BCUT2D eigenvalue weighted by atomic mass is 10.1. The second-order valence-electron chi connectivity index (χ2n) is 5.74. The first-order chi connectivity index (χ1) is 9.76. The molecule has 0 bridgehead atoms. The third kappa shape index (κ3) is 4.39. The predicted octanol–water partition coefficient (Wildman–Crippen LogP) is 4.61. The molecule has 0 aliphatic heterocycles. The number of hydrogen-bond acceptors (Lipinski definition) is 2. The maximum atomic E-state index is 6.52. The lowest BCUT2D eigenvalue weighted by molar-refractivity contribution is 0.675. The third-order valence-electron chi connectivity index (χ3n) is 3.82. The molecule has 20 heavy (non-hydrogen) atoms. The highest BCUT2D eigenvalue weighted by Crippen LogP contribution is 2.36. The molecular weight excluding hydrogens is 268 g/mol. The van der Waals surface area contributed by atoms with E-state index in [2.05, 4.69) is 42.3 Å². The van der Waals surface area contributed by atoms with Gasteiger partial charge in [0.15, 0.2) is 0 Å². The molecule has 1 aliphatic carbocycles. The Bertz CT molecular complexity index is 415. The first-order valence-electron chi connectivity index (χ1n) is 8.02. The molecule has 1 saturated carbocycles. The summed E-state index contributed by atoms with van der Waals surface area (Å²) in [7, 11) is 0. The van der Waals surface area contributed by atoms with Gasteiger partial charge in [-0.15, -0.1) is 0 Å². The van der Waals surface area contributed by atoms with E-state index in [0.29, 0.717) is 0 Å². The highest BCUT2D eigenvalue weighted by molar-refractivity contribution is 6.33. The van der Waals surface area contributed by atoms with Gasteiger partial charge in [-0.1, -0.05) is 37.9 Å². The van der Waals surface area contributed by atoms with Crippen molar-refractivity contribution in [1.29, 1.82) is 0 Å². The van der Waals surface area contributed by atoms with E-state index >= 15 is 0 Å². The number of unbranched alkanes of at least 4 members (excludes halogenated alkanes) is 1. The molecule has 1 N–H and O–H groups in total. The minimum absolute atomic E-state index is 0.725. The summed E-state index contributed by atoms with van der Waals surface area (Å²) < 4.78 is 0. The zero-order valence-corrected chi connectivity index (χ0v) is 13.5. The van der Waals surface area contributed by atoms with Crippen LogP contribution in [0, 0.1) is 0 Å². The molecule has 0 heterocycles. The monoisotopic (exact) mass is 294 g/mol. The lowest BCUT2D eigenvalue weighted by Gasteiger charge is -2.26. The van der Waals surface area contributed by atoms with Crippen LogP contribution in [0.25, 0.3) is 0 Å². The van der Waals surface area contributed by atoms with Crippen molar-refractivity contribution in [2.24, 2.45) is 0 Å². The van der Waals surface area contributed by atoms with Crippen LogP contribution in [0.3, 0.4) is 0 Å². The minimum Gasteiger partial charge on any atom is -0.367 e. The molecule has 0 atom stereocenters. The van der Waals surface area contributed by atoms with E-state index in [1.807, 2.05) is 0 Å². The smallest absolute Gasteiger partial charge is 0.0642 e. The molecule has 3 heteroatoms. The first kappa shape index (κ1) is 15.7. The molecule has 2 nitrogen and oxygen atoms in total. The van der Waals surface area contributed by atoms with E-state index in [1.165, 1.54) is 36.9 Å². The van der Waals surface area contributed by atoms with Crippen molar-refractivity contribution < 1.29 is 0 Å². The number of hydrogen-bond donors (Lipinski definition) is 1. The fraction of sp³-hybridized carbons (Fsp3) is 0.647. The van der Waals surface area contributed by atoms with Gasteiger partial charge in [-0.3, -0.25) is 0 Å². The van der Waals surface area contributed by atoms with Crippen molar-refractivity contribution >= 4 is 17.3 Å². The maximum Gasteiger partial charge on any atom is 0.0642 e. The van der Waals surface area contributed by atoms with Crippen LogP contribution < -0.4 is 10.2 Å². The van der Waals surface area contributed by atoms with Crippen molar-refractivity contribution in [3.05, 3.63) is 28.8 Å². The van der Waals surface area contributed by atoms with Crippen molar-refractivity contribution in [3.8, 4) is 0 Å². The number of benzene rings is 1. The Morgan fingerprint density at radius 3 is 2.65 bits per heavy atom. The van der Waals surface area contributed by atoms with Crippen LogP contribution in [0.2, 0.25) is 5.02 Å². The number of anilines is 1. The van der Waals surface area contributed by atoms with E-state index in [1.54, 1.807) is 0 Å². The zero-order chi connectivity index (χ0) is 14.4. The van der Waals surface area contributed by atoms with Crippen molar-refractivity contribution in [2.45, 2.75) is 58.5 Å². The SMILES string of the molecule is CCCCN(c1ccc(CNCCC)cc1Cl)C1CC1. The van der Waals surface area contributed by atoms with Crippen LogP contribution in [0.15, 0.2) is 18.2 Å². The van der Waals surface area contributed by atoms with Gasteiger partial charge in [0, 0.05) is 19.1 Å². The van der Waals surface area contributed by atoms with Crippen LogP contribution in [0.1, 0.15) is 51.5 Å². The summed E-state index contributed by atoms with van der Waals surface area (Å²) in [6.45, 7) is 7.53. The molecule has 1 aliphatic rings. The summed E-state index contributed by atoms with van der Waals surface area (Å²) in [5.41, 5.74) is 2.50. The first-order valence-corrected chi connectivity index (χ1v) is 8.39. The van der Waals surface area contributed by atoms with Crippen LogP contribution >= 0.6 is 11.6 Å².